The molecule has 2 aromatic rings. The predicted octanol–water partition coefficient (Wildman–Crippen LogP) is 3.42. The Morgan fingerprint density at radius 1 is 1.39 bits per heavy atom. The summed E-state index contributed by atoms with van der Waals surface area (Å²) in [6.45, 7) is 1.92. The quantitative estimate of drug-likeness (QED) is 0.866. The molecule has 1 aromatic carbocycles. The topological polar surface area (TPSA) is 33.2 Å². The number of rotatable bonds is 3. The van der Waals surface area contributed by atoms with Crippen LogP contribution in [0.3, 0.4) is 0 Å². The van der Waals surface area contributed by atoms with Crippen molar-refractivity contribution in [2.75, 3.05) is 11.9 Å². The van der Waals surface area contributed by atoms with Gasteiger partial charge in [0.05, 0.1) is 12.1 Å². The molecule has 3 nitrogen and oxygen atoms in total. The van der Waals surface area contributed by atoms with E-state index in [4.69, 9.17) is 0 Å². The zero-order chi connectivity index (χ0) is 13.1. The second-order valence-electron chi connectivity index (χ2n) is 4.03. The number of hydrogen-bond donors (Lipinski definition) is 0. The smallest absolute Gasteiger partial charge is 0.232 e. The number of halogens is 1. The molecule has 0 aliphatic heterocycles. The van der Waals surface area contributed by atoms with Gasteiger partial charge in [0, 0.05) is 16.9 Å². The molecule has 0 unspecified atom stereocenters. The van der Waals surface area contributed by atoms with Gasteiger partial charge in [-0.05, 0) is 24.6 Å². The fourth-order valence-corrected chi connectivity index (χ4v) is 2.55. The van der Waals surface area contributed by atoms with Crippen molar-refractivity contribution in [3.63, 3.8) is 0 Å². The Labute approximate surface area is 119 Å². The van der Waals surface area contributed by atoms with Gasteiger partial charge in [-0.3, -0.25) is 9.69 Å². The fourth-order valence-electron chi connectivity index (χ4n) is 1.50. The molecule has 0 fully saturated rings. The fraction of sp³-hybridized carbons (Fsp3) is 0.231. The van der Waals surface area contributed by atoms with E-state index in [-0.39, 0.29) is 5.91 Å². The Morgan fingerprint density at radius 3 is 2.61 bits per heavy atom. The summed E-state index contributed by atoms with van der Waals surface area (Å²) in [7, 11) is 1.76. The van der Waals surface area contributed by atoms with Gasteiger partial charge in [0.1, 0.15) is 0 Å². The maximum Gasteiger partial charge on any atom is 0.232 e. The number of thiazole rings is 1. The molecule has 1 heterocycles. The van der Waals surface area contributed by atoms with Crippen LogP contribution in [0.4, 0.5) is 5.13 Å². The van der Waals surface area contributed by atoms with E-state index in [1.807, 2.05) is 36.6 Å². The Morgan fingerprint density at radius 2 is 2.06 bits per heavy atom. The molecule has 0 atom stereocenters. The van der Waals surface area contributed by atoms with Crippen LogP contribution in [0.25, 0.3) is 0 Å². The third kappa shape index (κ3) is 3.17. The van der Waals surface area contributed by atoms with E-state index in [9.17, 15) is 4.79 Å². The molecule has 18 heavy (non-hydrogen) atoms. The lowest BCUT2D eigenvalue weighted by Gasteiger charge is -2.13. The number of carbonyl (C=O) groups excluding carboxylic acids is 1. The number of anilines is 1. The molecule has 0 N–H and O–H groups in total. The van der Waals surface area contributed by atoms with Crippen LogP contribution < -0.4 is 4.90 Å². The van der Waals surface area contributed by atoms with Crippen molar-refractivity contribution in [2.24, 2.45) is 0 Å². The first kappa shape index (κ1) is 13.2. The average molecular weight is 325 g/mol. The molecule has 0 spiro atoms. The number of amides is 1. The molecule has 1 amide bonds. The van der Waals surface area contributed by atoms with E-state index in [0.717, 1.165) is 20.9 Å². The van der Waals surface area contributed by atoms with Crippen LogP contribution in [0.1, 0.15) is 11.3 Å². The van der Waals surface area contributed by atoms with E-state index in [1.165, 1.54) is 11.3 Å². The number of carbonyl (C=O) groups is 1. The summed E-state index contributed by atoms with van der Waals surface area (Å²) in [5.74, 6) is 0.0478. The number of aryl methyl sites for hydroxylation is 1. The summed E-state index contributed by atoms with van der Waals surface area (Å²) in [6, 6.07) is 7.78. The van der Waals surface area contributed by atoms with E-state index in [0.29, 0.717) is 6.42 Å². The minimum atomic E-state index is 0.0478. The highest BCUT2D eigenvalue weighted by atomic mass is 79.9. The molecule has 0 radical (unpaired) electrons. The summed E-state index contributed by atoms with van der Waals surface area (Å²) in [4.78, 5) is 18.0. The minimum absolute atomic E-state index is 0.0478. The van der Waals surface area contributed by atoms with Gasteiger partial charge in [-0.15, -0.1) is 11.3 Å². The molecule has 2 rings (SSSR count). The van der Waals surface area contributed by atoms with Gasteiger partial charge >= 0.3 is 0 Å². The third-order valence-corrected chi connectivity index (χ3v) is 4.10. The largest absolute Gasteiger partial charge is 0.291 e. The van der Waals surface area contributed by atoms with E-state index in [2.05, 4.69) is 20.9 Å². The normalized spacial score (nSPS) is 10.4. The lowest BCUT2D eigenvalue weighted by Crippen LogP contribution is -2.27. The van der Waals surface area contributed by atoms with Crippen LogP contribution in [0, 0.1) is 6.92 Å². The number of likely N-dealkylation sites (N-methyl/N-ethyl adjacent to an activating group) is 1. The summed E-state index contributed by atoms with van der Waals surface area (Å²) in [5, 5.41) is 2.69. The molecule has 0 saturated carbocycles. The molecule has 0 saturated heterocycles. The summed E-state index contributed by atoms with van der Waals surface area (Å²) in [6.07, 6.45) is 0.391. The molecule has 1 aromatic heterocycles. The Bertz CT molecular complexity index is 550. The van der Waals surface area contributed by atoms with Crippen molar-refractivity contribution in [1.29, 1.82) is 0 Å². The van der Waals surface area contributed by atoms with Gasteiger partial charge in [-0.25, -0.2) is 4.98 Å². The van der Waals surface area contributed by atoms with Gasteiger partial charge in [0.25, 0.3) is 0 Å². The van der Waals surface area contributed by atoms with Gasteiger partial charge in [0.15, 0.2) is 5.13 Å². The van der Waals surface area contributed by atoms with Crippen molar-refractivity contribution < 1.29 is 4.79 Å². The zero-order valence-corrected chi connectivity index (χ0v) is 12.6. The molecular formula is C13H13BrN2OS. The Kier molecular flexibility index (Phi) is 4.14. The number of hydrogen-bond acceptors (Lipinski definition) is 3. The van der Waals surface area contributed by atoms with Crippen LogP contribution in [0.5, 0.6) is 0 Å². The van der Waals surface area contributed by atoms with Crippen LogP contribution in [-0.2, 0) is 11.2 Å². The van der Waals surface area contributed by atoms with Crippen LogP contribution >= 0.6 is 27.3 Å². The van der Waals surface area contributed by atoms with Crippen LogP contribution in [-0.4, -0.2) is 17.9 Å². The molecule has 94 valence electrons. The van der Waals surface area contributed by atoms with Gasteiger partial charge in [-0.1, -0.05) is 28.1 Å². The Balaban J connectivity index is 2.05. The zero-order valence-electron chi connectivity index (χ0n) is 10.2. The summed E-state index contributed by atoms with van der Waals surface area (Å²) < 4.78 is 1.02. The number of nitrogens with zero attached hydrogens (tertiary/aromatic N) is 2. The van der Waals surface area contributed by atoms with Gasteiger partial charge in [-0.2, -0.15) is 0 Å². The van der Waals surface area contributed by atoms with E-state index in [1.54, 1.807) is 11.9 Å². The average Bonchev–Trinajstić information content (AvgIpc) is 2.78. The van der Waals surface area contributed by atoms with Crippen molar-refractivity contribution >= 4 is 38.3 Å². The standard InChI is InChI=1S/C13H13BrN2OS/c1-9-8-18-13(15-9)16(2)12(17)7-10-3-5-11(14)6-4-10/h3-6,8H,7H2,1-2H3. The molecule has 0 aliphatic carbocycles. The van der Waals surface area contributed by atoms with E-state index >= 15 is 0 Å². The van der Waals surface area contributed by atoms with Crippen LogP contribution in [0.2, 0.25) is 0 Å². The maximum atomic E-state index is 12.1. The summed E-state index contributed by atoms with van der Waals surface area (Å²) >= 11 is 4.86. The highest BCUT2D eigenvalue weighted by Gasteiger charge is 2.14. The van der Waals surface area contributed by atoms with Crippen molar-refractivity contribution in [2.45, 2.75) is 13.3 Å². The first-order valence-electron chi connectivity index (χ1n) is 5.49. The monoisotopic (exact) mass is 324 g/mol. The first-order valence-corrected chi connectivity index (χ1v) is 7.16. The molecule has 0 bridgehead atoms. The highest BCUT2D eigenvalue weighted by molar-refractivity contribution is 9.10. The number of aromatic nitrogens is 1. The molecule has 5 heteroatoms. The second kappa shape index (κ2) is 5.63. The highest BCUT2D eigenvalue weighted by Crippen LogP contribution is 2.20. The minimum Gasteiger partial charge on any atom is -0.291 e. The van der Waals surface area contributed by atoms with Gasteiger partial charge < -0.3 is 0 Å². The Hall–Kier alpha value is -1.20. The first-order chi connectivity index (χ1) is 8.56. The van der Waals surface area contributed by atoms with Crippen molar-refractivity contribution in [3.8, 4) is 0 Å². The SMILES string of the molecule is Cc1csc(N(C)C(=O)Cc2ccc(Br)cc2)n1. The van der Waals surface area contributed by atoms with Crippen molar-refractivity contribution in [3.05, 3.63) is 45.4 Å². The van der Waals surface area contributed by atoms with E-state index < -0.39 is 0 Å². The molecular weight excluding hydrogens is 312 g/mol. The molecule has 0 aliphatic rings. The lowest BCUT2D eigenvalue weighted by molar-refractivity contribution is -0.117. The lowest BCUT2D eigenvalue weighted by atomic mass is 10.1. The summed E-state index contributed by atoms with van der Waals surface area (Å²) in [5.41, 5.74) is 1.95. The van der Waals surface area contributed by atoms with Crippen LogP contribution in [0.15, 0.2) is 34.1 Å². The third-order valence-electron chi connectivity index (χ3n) is 2.54. The predicted molar refractivity (Wildman–Crippen MR) is 78.1 cm³/mol. The number of benzene rings is 1. The second-order valence-corrected chi connectivity index (χ2v) is 5.78. The van der Waals surface area contributed by atoms with Crippen molar-refractivity contribution in [1.82, 2.24) is 4.98 Å². The maximum absolute atomic E-state index is 12.1. The van der Waals surface area contributed by atoms with Gasteiger partial charge in [0.2, 0.25) is 5.91 Å².